The molecule has 1 heterocycles. The molecule has 1 unspecified atom stereocenters. The third kappa shape index (κ3) is 4.31. The molecule has 20 heavy (non-hydrogen) atoms. The molecular weight excluding hydrogens is 280 g/mol. The largest absolute Gasteiger partial charge is 0.390 e. The SMILES string of the molecule is CCCn1cc(S(=O)(=O)NC(CC)COC)cc1CO. The number of aryl methyl sites for hydroxylation is 1. The zero-order valence-electron chi connectivity index (χ0n) is 12.3. The van der Waals surface area contributed by atoms with Crippen LogP contribution in [0.15, 0.2) is 17.2 Å². The molecule has 1 aromatic rings. The van der Waals surface area contributed by atoms with Gasteiger partial charge in [-0.05, 0) is 18.9 Å². The molecule has 0 aliphatic carbocycles. The van der Waals surface area contributed by atoms with Crippen LogP contribution in [-0.2, 0) is 27.9 Å². The minimum absolute atomic E-state index is 0.176. The van der Waals surface area contributed by atoms with Crippen molar-refractivity contribution in [3.8, 4) is 0 Å². The van der Waals surface area contributed by atoms with Gasteiger partial charge in [-0.25, -0.2) is 13.1 Å². The summed E-state index contributed by atoms with van der Waals surface area (Å²) in [6.45, 7) is 4.73. The molecule has 0 spiro atoms. The number of aliphatic hydroxyl groups excluding tert-OH is 1. The van der Waals surface area contributed by atoms with Gasteiger partial charge < -0.3 is 14.4 Å². The Morgan fingerprint density at radius 2 is 2.15 bits per heavy atom. The average molecular weight is 304 g/mol. The molecule has 0 bridgehead atoms. The number of ether oxygens (including phenoxy) is 1. The summed E-state index contributed by atoms with van der Waals surface area (Å²) in [5.74, 6) is 0. The Morgan fingerprint density at radius 3 is 2.65 bits per heavy atom. The smallest absolute Gasteiger partial charge is 0.242 e. The van der Waals surface area contributed by atoms with Crippen molar-refractivity contribution in [2.24, 2.45) is 0 Å². The van der Waals surface area contributed by atoms with Crippen LogP contribution in [-0.4, -0.2) is 37.8 Å². The molecule has 1 atom stereocenters. The Balaban J connectivity index is 2.97. The molecule has 1 aromatic heterocycles. The van der Waals surface area contributed by atoms with E-state index < -0.39 is 10.0 Å². The molecule has 0 saturated heterocycles. The zero-order valence-corrected chi connectivity index (χ0v) is 13.1. The minimum Gasteiger partial charge on any atom is -0.390 e. The molecule has 2 N–H and O–H groups in total. The molecule has 116 valence electrons. The van der Waals surface area contributed by atoms with E-state index in [9.17, 15) is 13.5 Å². The van der Waals surface area contributed by atoms with Gasteiger partial charge in [0.2, 0.25) is 10.0 Å². The predicted molar refractivity (Wildman–Crippen MR) is 76.9 cm³/mol. The van der Waals surface area contributed by atoms with Crippen LogP contribution in [0.3, 0.4) is 0 Å². The molecule has 0 aliphatic heterocycles. The second-order valence-electron chi connectivity index (χ2n) is 4.70. The zero-order chi connectivity index (χ0) is 15.2. The quantitative estimate of drug-likeness (QED) is 0.716. The molecule has 0 fully saturated rings. The van der Waals surface area contributed by atoms with E-state index in [4.69, 9.17) is 4.74 Å². The van der Waals surface area contributed by atoms with Crippen molar-refractivity contribution in [3.63, 3.8) is 0 Å². The van der Waals surface area contributed by atoms with Crippen molar-refractivity contribution in [3.05, 3.63) is 18.0 Å². The molecule has 0 aliphatic rings. The second-order valence-corrected chi connectivity index (χ2v) is 6.41. The molecule has 0 aromatic carbocycles. The molecule has 1 rings (SSSR count). The lowest BCUT2D eigenvalue weighted by Gasteiger charge is -2.15. The summed E-state index contributed by atoms with van der Waals surface area (Å²) in [5, 5.41) is 9.28. The van der Waals surface area contributed by atoms with Crippen LogP contribution in [0.5, 0.6) is 0 Å². The number of nitrogens with zero attached hydrogens (tertiary/aromatic N) is 1. The Morgan fingerprint density at radius 1 is 1.45 bits per heavy atom. The maximum Gasteiger partial charge on any atom is 0.242 e. The van der Waals surface area contributed by atoms with E-state index in [1.165, 1.54) is 6.07 Å². The molecule has 6 nitrogen and oxygen atoms in total. The highest BCUT2D eigenvalue weighted by atomic mass is 32.2. The number of aromatic nitrogens is 1. The number of methoxy groups -OCH3 is 1. The first kappa shape index (κ1) is 17.2. The van der Waals surface area contributed by atoms with Gasteiger partial charge in [-0.15, -0.1) is 0 Å². The van der Waals surface area contributed by atoms with Gasteiger partial charge in [0, 0.05) is 31.6 Å². The van der Waals surface area contributed by atoms with E-state index in [-0.39, 0.29) is 17.5 Å². The number of hydrogen-bond acceptors (Lipinski definition) is 4. The third-order valence-electron chi connectivity index (χ3n) is 3.08. The number of aliphatic hydroxyl groups is 1. The van der Waals surface area contributed by atoms with Crippen molar-refractivity contribution in [1.29, 1.82) is 0 Å². The van der Waals surface area contributed by atoms with E-state index in [0.29, 0.717) is 25.3 Å². The van der Waals surface area contributed by atoms with Crippen LogP contribution in [0.2, 0.25) is 0 Å². The summed E-state index contributed by atoms with van der Waals surface area (Å²) in [6.07, 6.45) is 3.09. The van der Waals surface area contributed by atoms with Crippen molar-refractivity contribution in [2.75, 3.05) is 13.7 Å². The van der Waals surface area contributed by atoms with Gasteiger partial charge in [0.1, 0.15) is 0 Å². The van der Waals surface area contributed by atoms with Gasteiger partial charge in [0.15, 0.2) is 0 Å². The minimum atomic E-state index is -3.59. The highest BCUT2D eigenvalue weighted by Gasteiger charge is 2.21. The van der Waals surface area contributed by atoms with Crippen LogP contribution in [0.4, 0.5) is 0 Å². The van der Waals surface area contributed by atoms with Gasteiger partial charge in [-0.1, -0.05) is 13.8 Å². The summed E-state index contributed by atoms with van der Waals surface area (Å²) >= 11 is 0. The van der Waals surface area contributed by atoms with Crippen LogP contribution in [0.1, 0.15) is 32.4 Å². The van der Waals surface area contributed by atoms with Crippen LogP contribution in [0, 0.1) is 0 Å². The highest BCUT2D eigenvalue weighted by molar-refractivity contribution is 7.89. The Labute approximate surface area is 120 Å². The van der Waals surface area contributed by atoms with Crippen LogP contribution in [0.25, 0.3) is 0 Å². The van der Waals surface area contributed by atoms with Crippen LogP contribution >= 0.6 is 0 Å². The second kappa shape index (κ2) is 7.78. The van der Waals surface area contributed by atoms with Gasteiger partial charge in [0.05, 0.1) is 18.1 Å². The van der Waals surface area contributed by atoms with Gasteiger partial charge in [-0.2, -0.15) is 0 Å². The summed E-state index contributed by atoms with van der Waals surface area (Å²) in [5.41, 5.74) is 0.604. The molecule has 0 amide bonds. The molecule has 7 heteroatoms. The lowest BCUT2D eigenvalue weighted by atomic mass is 10.3. The van der Waals surface area contributed by atoms with Gasteiger partial charge >= 0.3 is 0 Å². The number of nitrogens with one attached hydrogen (secondary N) is 1. The van der Waals surface area contributed by atoms with Crippen LogP contribution < -0.4 is 4.72 Å². The van der Waals surface area contributed by atoms with Crippen molar-refractivity contribution in [1.82, 2.24) is 9.29 Å². The summed E-state index contributed by atoms with van der Waals surface area (Å²) in [7, 11) is -2.05. The van der Waals surface area contributed by atoms with Gasteiger partial charge in [-0.3, -0.25) is 0 Å². The topological polar surface area (TPSA) is 80.6 Å². The first-order chi connectivity index (χ1) is 9.48. The van der Waals surface area contributed by atoms with E-state index in [1.807, 2.05) is 13.8 Å². The Kier molecular flexibility index (Phi) is 6.67. The molecular formula is C13H24N2O4S. The maximum absolute atomic E-state index is 12.3. The number of rotatable bonds is 9. The first-order valence-corrected chi connectivity index (χ1v) is 8.27. The maximum atomic E-state index is 12.3. The fourth-order valence-electron chi connectivity index (χ4n) is 1.98. The molecule has 0 radical (unpaired) electrons. The van der Waals surface area contributed by atoms with E-state index in [2.05, 4.69) is 4.72 Å². The predicted octanol–water partition coefficient (Wildman–Crippen LogP) is 1.09. The normalized spacial score (nSPS) is 13.6. The molecule has 0 saturated carbocycles. The monoisotopic (exact) mass is 304 g/mol. The highest BCUT2D eigenvalue weighted by Crippen LogP contribution is 2.16. The van der Waals surface area contributed by atoms with Gasteiger partial charge in [0.25, 0.3) is 0 Å². The Hall–Kier alpha value is -0.890. The summed E-state index contributed by atoms with van der Waals surface area (Å²) < 4.78 is 34.0. The van der Waals surface area contributed by atoms with Crippen molar-refractivity contribution >= 4 is 10.0 Å². The lowest BCUT2D eigenvalue weighted by Crippen LogP contribution is -2.37. The first-order valence-electron chi connectivity index (χ1n) is 6.79. The average Bonchev–Trinajstić information content (AvgIpc) is 2.82. The Bertz CT molecular complexity index is 510. The number of sulfonamides is 1. The van der Waals surface area contributed by atoms with E-state index in [1.54, 1.807) is 17.9 Å². The lowest BCUT2D eigenvalue weighted by molar-refractivity contribution is 0.173. The van der Waals surface area contributed by atoms with E-state index >= 15 is 0 Å². The summed E-state index contributed by atoms with van der Waals surface area (Å²) in [6, 6.07) is 1.26. The fraction of sp³-hybridized carbons (Fsp3) is 0.692. The summed E-state index contributed by atoms with van der Waals surface area (Å²) in [4.78, 5) is 0.185. The fourth-order valence-corrected chi connectivity index (χ4v) is 3.34. The van der Waals surface area contributed by atoms with Crippen molar-refractivity contribution in [2.45, 2.75) is 50.8 Å². The third-order valence-corrected chi connectivity index (χ3v) is 4.57. The number of hydrogen-bond donors (Lipinski definition) is 2. The standard InChI is InChI=1S/C13H24N2O4S/c1-4-6-15-8-13(7-12(15)9-16)20(17,18)14-11(5-2)10-19-3/h7-8,11,14,16H,4-6,9-10H2,1-3H3. The van der Waals surface area contributed by atoms with Crippen molar-refractivity contribution < 1.29 is 18.3 Å². The van der Waals surface area contributed by atoms with E-state index in [0.717, 1.165) is 6.42 Å².